The molecule has 2 N–H and O–H groups in total. The fraction of sp³-hybridized carbons (Fsp3) is 0.571. The first-order valence-corrected chi connectivity index (χ1v) is 7.75. The monoisotopic (exact) mass is 284 g/mol. The number of thioether (sulfide) groups is 1. The second-order valence-electron chi connectivity index (χ2n) is 4.82. The maximum absolute atomic E-state index is 13.8. The number of benzene rings is 1. The highest BCUT2D eigenvalue weighted by Crippen LogP contribution is 2.33. The molecule has 0 saturated carbocycles. The van der Waals surface area contributed by atoms with E-state index < -0.39 is 0 Å². The van der Waals surface area contributed by atoms with Gasteiger partial charge in [0.25, 0.3) is 0 Å². The Morgan fingerprint density at radius 1 is 1.53 bits per heavy atom. The Labute approximate surface area is 118 Å². The van der Waals surface area contributed by atoms with Crippen LogP contribution in [0.4, 0.5) is 15.8 Å². The zero-order valence-electron chi connectivity index (χ0n) is 11.5. The zero-order valence-corrected chi connectivity index (χ0v) is 12.3. The van der Waals surface area contributed by atoms with E-state index >= 15 is 0 Å². The highest BCUT2D eigenvalue weighted by molar-refractivity contribution is 8.00. The number of hydrogen-bond donors (Lipinski definition) is 1. The molecule has 1 aliphatic rings. The molecule has 1 heterocycles. The summed E-state index contributed by atoms with van der Waals surface area (Å²) in [6, 6.07) is 3.11. The molecule has 1 fully saturated rings. The second kappa shape index (κ2) is 6.37. The summed E-state index contributed by atoms with van der Waals surface area (Å²) >= 11 is 1.96. The lowest BCUT2D eigenvalue weighted by Gasteiger charge is -2.33. The molecule has 106 valence electrons. The molecule has 0 aromatic heterocycles. The lowest BCUT2D eigenvalue weighted by Crippen LogP contribution is -2.37. The van der Waals surface area contributed by atoms with Gasteiger partial charge in [0.05, 0.1) is 18.0 Å². The van der Waals surface area contributed by atoms with Crippen LogP contribution in [0.1, 0.15) is 20.3 Å². The van der Waals surface area contributed by atoms with E-state index in [0.717, 1.165) is 31.0 Å². The second-order valence-corrected chi connectivity index (χ2v) is 6.36. The number of ether oxygens (including phenoxy) is 1. The summed E-state index contributed by atoms with van der Waals surface area (Å²) in [4.78, 5) is 2.22. The molecule has 1 aromatic carbocycles. The van der Waals surface area contributed by atoms with Crippen LogP contribution in [-0.2, 0) is 0 Å². The van der Waals surface area contributed by atoms with Crippen LogP contribution in [0.25, 0.3) is 0 Å². The molecule has 0 radical (unpaired) electrons. The van der Waals surface area contributed by atoms with Crippen LogP contribution in [0, 0.1) is 5.82 Å². The zero-order chi connectivity index (χ0) is 13.8. The summed E-state index contributed by atoms with van der Waals surface area (Å²) in [5.41, 5.74) is 7.33. The highest BCUT2D eigenvalue weighted by Gasteiger charge is 2.20. The van der Waals surface area contributed by atoms with E-state index in [2.05, 4.69) is 11.8 Å². The van der Waals surface area contributed by atoms with Crippen molar-refractivity contribution in [3.05, 3.63) is 17.9 Å². The quantitative estimate of drug-likeness (QED) is 0.862. The van der Waals surface area contributed by atoms with Crippen molar-refractivity contribution in [2.45, 2.75) is 25.5 Å². The number of halogens is 1. The van der Waals surface area contributed by atoms with Crippen molar-refractivity contribution in [1.29, 1.82) is 0 Å². The molecule has 1 atom stereocenters. The number of nitrogens with zero attached hydrogens (tertiary/aromatic N) is 1. The minimum atomic E-state index is -0.380. The van der Waals surface area contributed by atoms with Gasteiger partial charge in [-0.1, -0.05) is 13.8 Å². The number of rotatable bonds is 4. The Bertz CT molecular complexity index is 442. The molecule has 5 heteroatoms. The van der Waals surface area contributed by atoms with Crippen molar-refractivity contribution in [2.24, 2.45) is 0 Å². The van der Waals surface area contributed by atoms with Crippen molar-refractivity contribution in [2.75, 3.05) is 36.1 Å². The minimum Gasteiger partial charge on any atom is -0.490 e. The predicted molar refractivity (Wildman–Crippen MR) is 80.7 cm³/mol. The maximum Gasteiger partial charge on any atom is 0.167 e. The van der Waals surface area contributed by atoms with Gasteiger partial charge in [0.2, 0.25) is 0 Å². The Morgan fingerprint density at radius 3 is 3.00 bits per heavy atom. The first kappa shape index (κ1) is 14.3. The van der Waals surface area contributed by atoms with Gasteiger partial charge >= 0.3 is 0 Å². The summed E-state index contributed by atoms with van der Waals surface area (Å²) in [5.74, 6) is 0.995. The topological polar surface area (TPSA) is 38.5 Å². The van der Waals surface area contributed by atoms with E-state index in [1.165, 1.54) is 6.07 Å². The van der Waals surface area contributed by atoms with E-state index in [9.17, 15) is 4.39 Å². The molecular weight excluding hydrogens is 263 g/mol. The van der Waals surface area contributed by atoms with Gasteiger partial charge in [-0.2, -0.15) is 11.8 Å². The Balaban J connectivity index is 2.23. The highest BCUT2D eigenvalue weighted by atomic mass is 32.2. The number of hydrogen-bond acceptors (Lipinski definition) is 4. The molecular formula is C14H21FN2OS. The van der Waals surface area contributed by atoms with Gasteiger partial charge in [-0.25, -0.2) is 4.39 Å². The summed E-state index contributed by atoms with van der Waals surface area (Å²) in [6.45, 7) is 6.60. The normalized spacial score (nSPS) is 19.5. The largest absolute Gasteiger partial charge is 0.490 e. The van der Waals surface area contributed by atoms with Crippen molar-refractivity contribution < 1.29 is 9.13 Å². The van der Waals surface area contributed by atoms with E-state index in [4.69, 9.17) is 10.5 Å². The van der Waals surface area contributed by atoms with E-state index in [-0.39, 0.29) is 5.82 Å². The van der Waals surface area contributed by atoms with Crippen LogP contribution in [0.15, 0.2) is 12.1 Å². The average molecular weight is 284 g/mol. The van der Waals surface area contributed by atoms with Gasteiger partial charge in [0.15, 0.2) is 11.6 Å². The first-order chi connectivity index (χ1) is 9.11. The molecule has 19 heavy (non-hydrogen) atoms. The van der Waals surface area contributed by atoms with Gasteiger partial charge in [-0.15, -0.1) is 0 Å². The van der Waals surface area contributed by atoms with Crippen molar-refractivity contribution in [3.63, 3.8) is 0 Å². The van der Waals surface area contributed by atoms with Crippen molar-refractivity contribution in [3.8, 4) is 5.75 Å². The Hall–Kier alpha value is -1.10. The molecule has 0 bridgehead atoms. The Morgan fingerprint density at radius 2 is 2.32 bits per heavy atom. The SMILES string of the molecule is CCCOc1cc(N2CCSC(C)C2)c(N)cc1F. The summed E-state index contributed by atoms with van der Waals surface area (Å²) in [6.07, 6.45) is 0.858. The number of nitrogen functional groups attached to an aromatic ring is 1. The molecule has 1 unspecified atom stereocenters. The molecule has 1 aromatic rings. The fourth-order valence-corrected chi connectivity index (χ4v) is 3.21. The van der Waals surface area contributed by atoms with Crippen LogP contribution in [-0.4, -0.2) is 30.7 Å². The predicted octanol–water partition coefficient (Wildman–Crippen LogP) is 3.14. The molecule has 3 nitrogen and oxygen atoms in total. The van der Waals surface area contributed by atoms with Crippen LogP contribution >= 0.6 is 11.8 Å². The summed E-state index contributed by atoms with van der Waals surface area (Å²) in [5, 5.41) is 0.568. The molecule has 2 rings (SSSR count). The van der Waals surface area contributed by atoms with Gasteiger partial charge < -0.3 is 15.4 Å². The molecule has 0 spiro atoms. The fourth-order valence-electron chi connectivity index (χ4n) is 2.19. The molecule has 0 aliphatic carbocycles. The van der Waals surface area contributed by atoms with Gasteiger partial charge in [-0.05, 0) is 6.42 Å². The van der Waals surface area contributed by atoms with Crippen LogP contribution in [0.2, 0.25) is 0 Å². The third-order valence-electron chi connectivity index (χ3n) is 3.12. The number of anilines is 2. The van der Waals surface area contributed by atoms with Crippen molar-refractivity contribution in [1.82, 2.24) is 0 Å². The average Bonchev–Trinajstić information content (AvgIpc) is 2.38. The third-order valence-corrected chi connectivity index (χ3v) is 4.26. The third kappa shape index (κ3) is 3.47. The summed E-state index contributed by atoms with van der Waals surface area (Å²) < 4.78 is 19.2. The van der Waals surface area contributed by atoms with Crippen molar-refractivity contribution >= 4 is 23.1 Å². The van der Waals surface area contributed by atoms with Gasteiger partial charge in [0, 0.05) is 36.2 Å². The van der Waals surface area contributed by atoms with E-state index in [0.29, 0.717) is 23.3 Å². The molecule has 1 saturated heterocycles. The molecule has 1 aliphatic heterocycles. The maximum atomic E-state index is 13.8. The van der Waals surface area contributed by atoms with Gasteiger partial charge in [-0.3, -0.25) is 0 Å². The summed E-state index contributed by atoms with van der Waals surface area (Å²) in [7, 11) is 0. The molecule has 0 amide bonds. The minimum absolute atomic E-state index is 0.303. The lowest BCUT2D eigenvalue weighted by molar-refractivity contribution is 0.301. The van der Waals surface area contributed by atoms with E-state index in [1.807, 2.05) is 18.7 Å². The van der Waals surface area contributed by atoms with E-state index in [1.54, 1.807) is 6.07 Å². The van der Waals surface area contributed by atoms with Crippen LogP contribution in [0.3, 0.4) is 0 Å². The standard InChI is InChI=1S/C14H21FN2OS/c1-3-5-18-14-8-13(12(16)7-11(14)15)17-4-6-19-10(2)9-17/h7-8,10H,3-6,9,16H2,1-2H3. The van der Waals surface area contributed by atoms with Crippen LogP contribution in [0.5, 0.6) is 5.75 Å². The number of nitrogens with two attached hydrogens (primary N) is 1. The lowest BCUT2D eigenvalue weighted by atomic mass is 10.2. The van der Waals surface area contributed by atoms with Gasteiger partial charge in [0.1, 0.15) is 0 Å². The first-order valence-electron chi connectivity index (χ1n) is 6.70. The Kier molecular flexibility index (Phi) is 4.80. The smallest absolute Gasteiger partial charge is 0.167 e. The van der Waals surface area contributed by atoms with Crippen LogP contribution < -0.4 is 15.4 Å².